The summed E-state index contributed by atoms with van der Waals surface area (Å²) in [5.41, 5.74) is 5.67. The van der Waals surface area contributed by atoms with Gasteiger partial charge in [-0.1, -0.05) is 0 Å². The van der Waals surface area contributed by atoms with E-state index in [1.807, 2.05) is 20.8 Å². The van der Waals surface area contributed by atoms with Crippen molar-refractivity contribution in [1.29, 1.82) is 0 Å². The molecule has 7 heteroatoms. The van der Waals surface area contributed by atoms with Gasteiger partial charge in [0.1, 0.15) is 5.60 Å². The summed E-state index contributed by atoms with van der Waals surface area (Å²) < 4.78 is 5.41. The fourth-order valence-electron chi connectivity index (χ4n) is 2.12. The zero-order chi connectivity index (χ0) is 15.5. The molecule has 116 valence electrons. The van der Waals surface area contributed by atoms with Crippen LogP contribution < -0.4 is 10.6 Å². The third-order valence-electron chi connectivity index (χ3n) is 3.09. The van der Waals surface area contributed by atoms with Crippen LogP contribution in [0.4, 0.5) is 16.4 Å². The molecule has 1 amide bonds. The van der Waals surface area contributed by atoms with E-state index in [4.69, 9.17) is 10.5 Å². The lowest BCUT2D eigenvalue weighted by atomic mass is 10.2. The van der Waals surface area contributed by atoms with Crippen LogP contribution in [-0.4, -0.2) is 52.7 Å². The molecule has 0 aromatic carbocycles. The van der Waals surface area contributed by atoms with E-state index >= 15 is 0 Å². The van der Waals surface area contributed by atoms with Crippen molar-refractivity contribution in [3.63, 3.8) is 0 Å². The van der Waals surface area contributed by atoms with Gasteiger partial charge in [-0.3, -0.25) is 0 Å². The summed E-state index contributed by atoms with van der Waals surface area (Å²) in [5.74, 6) is 0.648. The number of carbonyl (C=O) groups is 1. The van der Waals surface area contributed by atoms with Crippen LogP contribution in [-0.2, 0) is 4.74 Å². The molecular formula is C14H23N5O2. The highest BCUT2D eigenvalue weighted by molar-refractivity contribution is 5.68. The first-order valence-electron chi connectivity index (χ1n) is 7.15. The van der Waals surface area contributed by atoms with Gasteiger partial charge >= 0.3 is 6.09 Å². The number of nitrogens with zero attached hydrogens (tertiary/aromatic N) is 4. The van der Waals surface area contributed by atoms with Crippen LogP contribution >= 0.6 is 0 Å². The van der Waals surface area contributed by atoms with Crippen LogP contribution in [0.15, 0.2) is 12.4 Å². The van der Waals surface area contributed by atoms with E-state index < -0.39 is 5.60 Å². The molecule has 21 heavy (non-hydrogen) atoms. The molecule has 1 aliphatic rings. The minimum Gasteiger partial charge on any atom is -0.444 e. The van der Waals surface area contributed by atoms with Gasteiger partial charge in [0.2, 0.25) is 5.95 Å². The van der Waals surface area contributed by atoms with Gasteiger partial charge in [0, 0.05) is 26.2 Å². The predicted molar refractivity (Wildman–Crippen MR) is 81.1 cm³/mol. The molecule has 1 saturated heterocycles. The van der Waals surface area contributed by atoms with Crippen molar-refractivity contribution >= 4 is 17.7 Å². The molecule has 2 rings (SSSR count). The van der Waals surface area contributed by atoms with Gasteiger partial charge in [-0.05, 0) is 27.2 Å². The zero-order valence-electron chi connectivity index (χ0n) is 12.9. The normalized spacial score (nSPS) is 16.5. The van der Waals surface area contributed by atoms with E-state index in [-0.39, 0.29) is 6.09 Å². The van der Waals surface area contributed by atoms with Crippen molar-refractivity contribution in [1.82, 2.24) is 14.9 Å². The lowest BCUT2D eigenvalue weighted by Crippen LogP contribution is -2.39. The first-order valence-corrected chi connectivity index (χ1v) is 7.15. The highest BCUT2D eigenvalue weighted by Crippen LogP contribution is 2.14. The number of ether oxygens (including phenoxy) is 1. The first-order chi connectivity index (χ1) is 9.85. The number of anilines is 2. The van der Waals surface area contributed by atoms with Crippen LogP contribution in [0.2, 0.25) is 0 Å². The number of aromatic nitrogens is 2. The van der Waals surface area contributed by atoms with Gasteiger partial charge in [0.15, 0.2) is 0 Å². The fraction of sp³-hybridized carbons (Fsp3) is 0.643. The monoisotopic (exact) mass is 293 g/mol. The molecule has 0 saturated carbocycles. The van der Waals surface area contributed by atoms with Gasteiger partial charge in [-0.2, -0.15) is 0 Å². The Morgan fingerprint density at radius 3 is 2.48 bits per heavy atom. The summed E-state index contributed by atoms with van der Waals surface area (Å²) in [6.07, 6.45) is 3.78. The zero-order valence-corrected chi connectivity index (χ0v) is 12.9. The smallest absolute Gasteiger partial charge is 0.410 e. The first kappa shape index (κ1) is 15.3. The lowest BCUT2D eigenvalue weighted by Gasteiger charge is -2.26. The highest BCUT2D eigenvalue weighted by Gasteiger charge is 2.25. The summed E-state index contributed by atoms with van der Waals surface area (Å²) in [6, 6.07) is 0. The number of hydrogen-bond donors (Lipinski definition) is 1. The minimum absolute atomic E-state index is 0.262. The summed E-state index contributed by atoms with van der Waals surface area (Å²) >= 11 is 0. The SMILES string of the molecule is CC(C)(C)OC(=O)N1CCCN(c2ncc(N)cn2)CC1. The van der Waals surface area contributed by atoms with Gasteiger partial charge < -0.3 is 20.3 Å². The minimum atomic E-state index is -0.469. The Morgan fingerprint density at radius 1 is 1.19 bits per heavy atom. The Kier molecular flexibility index (Phi) is 4.50. The van der Waals surface area contributed by atoms with Gasteiger partial charge in [0.25, 0.3) is 0 Å². The Hall–Kier alpha value is -2.05. The molecule has 1 aromatic rings. The van der Waals surface area contributed by atoms with Crippen molar-refractivity contribution in [2.75, 3.05) is 36.8 Å². The van der Waals surface area contributed by atoms with Crippen molar-refractivity contribution < 1.29 is 9.53 Å². The maximum Gasteiger partial charge on any atom is 0.410 e. The topological polar surface area (TPSA) is 84.6 Å². The van der Waals surface area contributed by atoms with E-state index in [9.17, 15) is 4.79 Å². The second-order valence-corrected chi connectivity index (χ2v) is 6.12. The average Bonchev–Trinajstić information content (AvgIpc) is 2.63. The number of nitrogen functional groups attached to an aromatic ring is 1. The van der Waals surface area contributed by atoms with Gasteiger partial charge in [-0.25, -0.2) is 14.8 Å². The third-order valence-corrected chi connectivity index (χ3v) is 3.09. The van der Waals surface area contributed by atoms with Crippen LogP contribution in [0.1, 0.15) is 27.2 Å². The van der Waals surface area contributed by atoms with Crippen LogP contribution in [0.5, 0.6) is 0 Å². The maximum atomic E-state index is 12.1. The lowest BCUT2D eigenvalue weighted by molar-refractivity contribution is 0.0263. The molecule has 2 N–H and O–H groups in total. The average molecular weight is 293 g/mol. The largest absolute Gasteiger partial charge is 0.444 e. The summed E-state index contributed by atoms with van der Waals surface area (Å²) in [4.78, 5) is 24.3. The van der Waals surface area contributed by atoms with Crippen molar-refractivity contribution in [3.05, 3.63) is 12.4 Å². The fourth-order valence-corrected chi connectivity index (χ4v) is 2.12. The molecule has 7 nitrogen and oxygen atoms in total. The molecule has 0 unspecified atom stereocenters. The molecular weight excluding hydrogens is 270 g/mol. The third kappa shape index (κ3) is 4.47. The molecule has 1 fully saturated rings. The summed E-state index contributed by atoms with van der Waals surface area (Å²) in [6.45, 7) is 8.39. The molecule has 0 atom stereocenters. The van der Waals surface area contributed by atoms with Crippen molar-refractivity contribution in [3.8, 4) is 0 Å². The van der Waals surface area contributed by atoms with E-state index in [1.54, 1.807) is 17.3 Å². The second kappa shape index (κ2) is 6.15. The molecule has 1 aromatic heterocycles. The number of amides is 1. The van der Waals surface area contributed by atoms with Crippen molar-refractivity contribution in [2.24, 2.45) is 0 Å². The number of nitrogens with two attached hydrogens (primary N) is 1. The number of rotatable bonds is 1. The predicted octanol–water partition coefficient (Wildman–Crippen LogP) is 1.51. The Morgan fingerprint density at radius 2 is 1.86 bits per heavy atom. The molecule has 2 heterocycles. The number of carbonyl (C=O) groups excluding carboxylic acids is 1. The van der Waals surface area contributed by atoms with Crippen LogP contribution in [0.3, 0.4) is 0 Å². The maximum absolute atomic E-state index is 12.1. The Labute approximate surface area is 125 Å². The summed E-state index contributed by atoms with van der Waals surface area (Å²) in [7, 11) is 0. The standard InChI is InChI=1S/C14H23N5O2/c1-14(2,3)21-13(20)19-6-4-5-18(7-8-19)12-16-9-11(15)10-17-12/h9-10H,4-8,15H2,1-3H3. The molecule has 0 spiro atoms. The van der Waals surface area contributed by atoms with Crippen LogP contribution in [0.25, 0.3) is 0 Å². The molecule has 0 bridgehead atoms. The van der Waals surface area contributed by atoms with E-state index in [0.717, 1.165) is 13.0 Å². The molecule has 0 radical (unpaired) electrons. The van der Waals surface area contributed by atoms with Gasteiger partial charge in [-0.15, -0.1) is 0 Å². The van der Waals surface area contributed by atoms with Gasteiger partial charge in [0.05, 0.1) is 18.1 Å². The number of hydrogen-bond acceptors (Lipinski definition) is 6. The summed E-state index contributed by atoms with van der Waals surface area (Å²) in [5, 5.41) is 0. The Balaban J connectivity index is 1.95. The Bertz CT molecular complexity index is 483. The van der Waals surface area contributed by atoms with E-state index in [1.165, 1.54) is 0 Å². The quantitative estimate of drug-likeness (QED) is 0.844. The van der Waals surface area contributed by atoms with E-state index in [2.05, 4.69) is 14.9 Å². The highest BCUT2D eigenvalue weighted by atomic mass is 16.6. The van der Waals surface area contributed by atoms with Crippen molar-refractivity contribution in [2.45, 2.75) is 32.8 Å². The van der Waals surface area contributed by atoms with Crippen LogP contribution in [0, 0.1) is 0 Å². The molecule has 1 aliphatic heterocycles. The van der Waals surface area contributed by atoms with E-state index in [0.29, 0.717) is 31.3 Å². The molecule has 0 aliphatic carbocycles. The second-order valence-electron chi connectivity index (χ2n) is 6.12.